The summed E-state index contributed by atoms with van der Waals surface area (Å²) >= 11 is 0. The molecular formula is C21H28N5O4P. The van der Waals surface area contributed by atoms with E-state index in [-0.39, 0.29) is 30.7 Å². The SMILES string of the molecule is Cc1ccnc(-c2cc(C(=O)NOP(=O)(OCCC#N)N(C(C)C)C(C)C)ccn2)c1. The van der Waals surface area contributed by atoms with Crippen LogP contribution in [0, 0.1) is 18.3 Å². The summed E-state index contributed by atoms with van der Waals surface area (Å²) in [6.07, 6.45) is 3.21. The van der Waals surface area contributed by atoms with Crippen LogP contribution in [-0.2, 0) is 13.7 Å². The van der Waals surface area contributed by atoms with Crippen LogP contribution in [0.25, 0.3) is 11.4 Å². The third-order valence-electron chi connectivity index (χ3n) is 4.26. The number of hydroxylamine groups is 1. The number of nitrogens with one attached hydrogen (secondary N) is 1. The zero-order chi connectivity index (χ0) is 23.0. The molecule has 0 aliphatic heterocycles. The molecule has 10 heteroatoms. The van der Waals surface area contributed by atoms with Crippen LogP contribution in [0.4, 0.5) is 0 Å². The van der Waals surface area contributed by atoms with Crippen molar-refractivity contribution in [3.8, 4) is 17.5 Å². The number of hydrogen-bond acceptors (Lipinski definition) is 7. The van der Waals surface area contributed by atoms with E-state index in [0.717, 1.165) is 5.56 Å². The molecule has 1 amide bonds. The predicted octanol–water partition coefficient (Wildman–Crippen LogP) is 4.27. The summed E-state index contributed by atoms with van der Waals surface area (Å²) in [7, 11) is -3.90. The fourth-order valence-electron chi connectivity index (χ4n) is 3.05. The molecule has 1 atom stereocenters. The predicted molar refractivity (Wildman–Crippen MR) is 117 cm³/mol. The summed E-state index contributed by atoms with van der Waals surface area (Å²) in [6.45, 7) is 9.22. The van der Waals surface area contributed by atoms with Crippen molar-refractivity contribution in [3.05, 3.63) is 47.8 Å². The van der Waals surface area contributed by atoms with Crippen LogP contribution in [0.15, 0.2) is 36.7 Å². The van der Waals surface area contributed by atoms with Crippen LogP contribution in [0.5, 0.6) is 0 Å². The van der Waals surface area contributed by atoms with Crippen molar-refractivity contribution in [3.63, 3.8) is 0 Å². The molecule has 2 heterocycles. The van der Waals surface area contributed by atoms with Gasteiger partial charge in [0.1, 0.15) is 0 Å². The van der Waals surface area contributed by atoms with E-state index >= 15 is 0 Å². The van der Waals surface area contributed by atoms with E-state index in [4.69, 9.17) is 14.4 Å². The molecule has 1 unspecified atom stereocenters. The molecule has 0 aliphatic carbocycles. The number of carbonyl (C=O) groups is 1. The number of pyridine rings is 2. The van der Waals surface area contributed by atoms with E-state index in [2.05, 4.69) is 15.4 Å². The lowest BCUT2D eigenvalue weighted by molar-refractivity contribution is 0.0589. The fourth-order valence-corrected chi connectivity index (χ4v) is 4.99. The van der Waals surface area contributed by atoms with E-state index in [1.807, 2.05) is 52.8 Å². The lowest BCUT2D eigenvalue weighted by Crippen LogP contribution is -2.38. The standard InChI is InChI=1S/C21H28N5O4P/c1-15(2)26(16(3)4)31(28,29-12-6-9-22)30-25-21(27)18-8-11-24-20(14-18)19-13-17(5)7-10-23-19/h7-8,10-11,13-16H,6,12H2,1-5H3,(H,25,27). The molecule has 1 N–H and O–H groups in total. The van der Waals surface area contributed by atoms with Crippen molar-refractivity contribution in [1.29, 1.82) is 5.26 Å². The Morgan fingerprint density at radius 2 is 1.77 bits per heavy atom. The molecule has 166 valence electrons. The van der Waals surface area contributed by atoms with Crippen molar-refractivity contribution in [2.45, 2.75) is 53.1 Å². The van der Waals surface area contributed by atoms with Crippen LogP contribution >= 0.6 is 7.75 Å². The molecule has 0 saturated heterocycles. The quantitative estimate of drug-likeness (QED) is 0.327. The average Bonchev–Trinajstić information content (AvgIpc) is 2.72. The Morgan fingerprint density at radius 1 is 1.16 bits per heavy atom. The number of amides is 1. The molecule has 0 bridgehead atoms. The second-order valence-corrected chi connectivity index (χ2v) is 9.29. The van der Waals surface area contributed by atoms with Crippen LogP contribution < -0.4 is 5.48 Å². The zero-order valence-corrected chi connectivity index (χ0v) is 19.3. The molecule has 0 aliphatic rings. The van der Waals surface area contributed by atoms with Gasteiger partial charge in [-0.05, 0) is 64.4 Å². The summed E-state index contributed by atoms with van der Waals surface area (Å²) in [5.74, 6) is -0.604. The van der Waals surface area contributed by atoms with Crippen molar-refractivity contribution in [2.75, 3.05) is 6.61 Å². The van der Waals surface area contributed by atoms with E-state index < -0.39 is 13.7 Å². The van der Waals surface area contributed by atoms with Gasteiger partial charge in [-0.1, -0.05) is 0 Å². The second kappa shape index (κ2) is 11.1. The number of nitrogens with zero attached hydrogens (tertiary/aromatic N) is 4. The van der Waals surface area contributed by atoms with Crippen LogP contribution in [-0.4, -0.2) is 39.2 Å². The number of carbonyl (C=O) groups excluding carboxylic acids is 1. The summed E-state index contributed by atoms with van der Waals surface area (Å²) in [6, 6.07) is 8.37. The minimum Gasteiger partial charge on any atom is -0.294 e. The van der Waals surface area contributed by atoms with Gasteiger partial charge < -0.3 is 0 Å². The highest BCUT2D eigenvalue weighted by atomic mass is 31.2. The maximum atomic E-state index is 13.5. The summed E-state index contributed by atoms with van der Waals surface area (Å²) in [5, 5.41) is 8.77. The minimum absolute atomic E-state index is 0.0442. The highest BCUT2D eigenvalue weighted by Crippen LogP contribution is 2.53. The van der Waals surface area contributed by atoms with Gasteiger partial charge >= 0.3 is 7.75 Å². The Kier molecular flexibility index (Phi) is 8.84. The van der Waals surface area contributed by atoms with Gasteiger partial charge in [0.2, 0.25) is 0 Å². The Bertz CT molecular complexity index is 982. The van der Waals surface area contributed by atoms with Crippen LogP contribution in [0.2, 0.25) is 0 Å². The monoisotopic (exact) mass is 445 g/mol. The minimum atomic E-state index is -3.90. The first-order chi connectivity index (χ1) is 14.7. The number of nitriles is 1. The van der Waals surface area contributed by atoms with E-state index in [9.17, 15) is 9.36 Å². The molecule has 0 fully saturated rings. The normalized spacial score (nSPS) is 13.3. The average molecular weight is 445 g/mol. The Labute approximate surface area is 183 Å². The highest BCUT2D eigenvalue weighted by Gasteiger charge is 2.39. The van der Waals surface area contributed by atoms with E-state index in [1.165, 1.54) is 12.3 Å². The third-order valence-corrected chi connectivity index (χ3v) is 6.58. The number of aryl methyl sites for hydroxylation is 1. The van der Waals surface area contributed by atoms with Crippen molar-refractivity contribution >= 4 is 13.7 Å². The molecule has 0 radical (unpaired) electrons. The molecule has 0 spiro atoms. The van der Waals surface area contributed by atoms with Gasteiger partial charge in [-0.25, -0.2) is 14.7 Å². The number of aromatic nitrogens is 2. The summed E-state index contributed by atoms with van der Waals surface area (Å²) in [5.41, 5.74) is 4.68. The Morgan fingerprint density at radius 3 is 2.35 bits per heavy atom. The zero-order valence-electron chi connectivity index (χ0n) is 18.4. The van der Waals surface area contributed by atoms with E-state index in [0.29, 0.717) is 11.4 Å². The first kappa shape index (κ1) is 24.6. The summed E-state index contributed by atoms with van der Waals surface area (Å²) < 4.78 is 25.8. The van der Waals surface area contributed by atoms with Gasteiger partial charge in [-0.3, -0.25) is 19.3 Å². The van der Waals surface area contributed by atoms with Gasteiger partial charge in [-0.2, -0.15) is 9.89 Å². The molecule has 2 aromatic rings. The number of rotatable bonds is 10. The van der Waals surface area contributed by atoms with Gasteiger partial charge in [0.25, 0.3) is 5.91 Å². The van der Waals surface area contributed by atoms with Crippen molar-refractivity contribution in [1.82, 2.24) is 20.1 Å². The van der Waals surface area contributed by atoms with Gasteiger partial charge in [0, 0.05) is 30.0 Å². The molecule has 2 rings (SSSR count). The topological polar surface area (TPSA) is 117 Å². The first-order valence-corrected chi connectivity index (χ1v) is 11.5. The van der Waals surface area contributed by atoms with E-state index in [1.54, 1.807) is 16.9 Å². The lowest BCUT2D eigenvalue weighted by Gasteiger charge is -2.35. The number of hydrogen-bond donors (Lipinski definition) is 1. The first-order valence-electron chi connectivity index (χ1n) is 9.96. The van der Waals surface area contributed by atoms with Crippen LogP contribution in [0.1, 0.15) is 50.0 Å². The molecule has 0 aromatic carbocycles. The maximum Gasteiger partial charge on any atom is 0.430 e. The maximum absolute atomic E-state index is 13.5. The Hall–Kier alpha value is -2.63. The fraction of sp³-hybridized carbons (Fsp3) is 0.429. The third kappa shape index (κ3) is 6.68. The molecule has 31 heavy (non-hydrogen) atoms. The molecule has 9 nitrogen and oxygen atoms in total. The second-order valence-electron chi connectivity index (χ2n) is 7.45. The molecule has 0 saturated carbocycles. The smallest absolute Gasteiger partial charge is 0.294 e. The van der Waals surface area contributed by atoms with Gasteiger partial charge in [0.05, 0.1) is 30.5 Å². The van der Waals surface area contributed by atoms with Gasteiger partial charge in [-0.15, -0.1) is 0 Å². The summed E-state index contributed by atoms with van der Waals surface area (Å²) in [4.78, 5) is 21.2. The lowest BCUT2D eigenvalue weighted by atomic mass is 10.1. The molecular weight excluding hydrogens is 417 g/mol. The highest BCUT2D eigenvalue weighted by molar-refractivity contribution is 7.51. The largest absolute Gasteiger partial charge is 0.430 e. The van der Waals surface area contributed by atoms with Crippen molar-refractivity contribution in [2.24, 2.45) is 0 Å². The van der Waals surface area contributed by atoms with Crippen LogP contribution in [0.3, 0.4) is 0 Å². The van der Waals surface area contributed by atoms with Crippen molar-refractivity contribution < 1.29 is 18.5 Å². The van der Waals surface area contributed by atoms with Gasteiger partial charge in [0.15, 0.2) is 0 Å². The Balaban J connectivity index is 2.21. The molecule has 2 aromatic heterocycles.